The summed E-state index contributed by atoms with van der Waals surface area (Å²) in [6.07, 6.45) is 0.276. The van der Waals surface area contributed by atoms with Crippen LogP contribution in [-0.4, -0.2) is 18.1 Å². The van der Waals surface area contributed by atoms with Crippen LogP contribution in [0.4, 0.5) is 14.5 Å². The van der Waals surface area contributed by atoms with Gasteiger partial charge < -0.3 is 14.7 Å². The fourth-order valence-electron chi connectivity index (χ4n) is 5.54. The van der Waals surface area contributed by atoms with Gasteiger partial charge in [-0.15, -0.1) is 0 Å². The average Bonchev–Trinajstić information content (AvgIpc) is 2.82. The zero-order valence-electron chi connectivity index (χ0n) is 21.6. The van der Waals surface area contributed by atoms with Gasteiger partial charge in [-0.2, -0.15) is 0 Å². The molecule has 1 fully saturated rings. The van der Waals surface area contributed by atoms with Crippen LogP contribution < -0.4 is 4.90 Å². The first-order valence-electron chi connectivity index (χ1n) is 12.2. The van der Waals surface area contributed by atoms with E-state index in [1.165, 1.54) is 18.2 Å². The number of aromatic hydroxyl groups is 1. The number of methoxy groups -OCH3 is 1. The smallest absolute Gasteiger partial charge is 0.233 e. The Bertz CT molecular complexity index is 1310. The van der Waals surface area contributed by atoms with Crippen LogP contribution in [0, 0.1) is 51.2 Å². The lowest BCUT2D eigenvalue weighted by Gasteiger charge is -2.51. The highest BCUT2D eigenvalue weighted by atomic mass is 19.1. The molecule has 0 spiro atoms. The number of benzene rings is 3. The Hall–Kier alpha value is -3.25. The van der Waals surface area contributed by atoms with Crippen molar-refractivity contribution < 1.29 is 23.4 Å². The Kier molecular flexibility index (Phi) is 7.19. The molecule has 1 saturated heterocycles. The lowest BCUT2D eigenvalue weighted by atomic mass is 9.71. The van der Waals surface area contributed by atoms with Gasteiger partial charge >= 0.3 is 0 Å². The number of halogens is 2. The van der Waals surface area contributed by atoms with Gasteiger partial charge in [-0.1, -0.05) is 19.1 Å². The minimum Gasteiger partial charge on any atom is -0.508 e. The number of nitrogens with zero attached hydrogens (tertiary/aromatic N) is 1. The van der Waals surface area contributed by atoms with E-state index >= 15 is 0 Å². The fraction of sp³-hybridized carbons (Fsp3) is 0.367. The highest BCUT2D eigenvalue weighted by molar-refractivity contribution is 6.04. The number of anilines is 1. The number of hydrogen-bond donors (Lipinski definition) is 1. The molecule has 4 atom stereocenters. The average molecular weight is 494 g/mol. The molecule has 3 aromatic carbocycles. The third-order valence-electron chi connectivity index (χ3n) is 7.72. The van der Waals surface area contributed by atoms with Crippen LogP contribution >= 0.6 is 0 Å². The number of phenolic OH excluding ortho intramolecular Hbond substituents is 1. The summed E-state index contributed by atoms with van der Waals surface area (Å²) in [5.41, 5.74) is 5.54. The summed E-state index contributed by atoms with van der Waals surface area (Å²) in [5, 5.41) is 9.97. The van der Waals surface area contributed by atoms with Gasteiger partial charge in [0.2, 0.25) is 5.91 Å². The van der Waals surface area contributed by atoms with Crippen molar-refractivity contribution in [2.75, 3.05) is 12.0 Å². The van der Waals surface area contributed by atoms with E-state index in [-0.39, 0.29) is 47.3 Å². The number of amides is 1. The van der Waals surface area contributed by atoms with E-state index in [1.807, 2.05) is 26.8 Å². The summed E-state index contributed by atoms with van der Waals surface area (Å²) in [7, 11) is 1.63. The van der Waals surface area contributed by atoms with Crippen molar-refractivity contribution in [3.05, 3.63) is 93.5 Å². The zero-order chi connectivity index (χ0) is 26.3. The van der Waals surface area contributed by atoms with Crippen LogP contribution in [0.15, 0.2) is 48.5 Å². The van der Waals surface area contributed by atoms with E-state index in [1.54, 1.807) is 50.1 Å². The summed E-state index contributed by atoms with van der Waals surface area (Å²) in [6.45, 7) is 9.40. The predicted octanol–water partition coefficient (Wildman–Crippen LogP) is 7.02. The Balaban J connectivity index is 1.70. The minimum atomic E-state index is -0.348. The highest BCUT2D eigenvalue weighted by Crippen LogP contribution is 2.50. The van der Waals surface area contributed by atoms with E-state index in [0.29, 0.717) is 23.2 Å². The first-order chi connectivity index (χ1) is 17.0. The number of rotatable bonds is 7. The second-order valence-electron chi connectivity index (χ2n) is 9.97. The number of β-lactam (4-membered cyclic amide) rings is 1. The van der Waals surface area contributed by atoms with Crippen LogP contribution in [0.3, 0.4) is 0 Å². The number of hydrogen-bond acceptors (Lipinski definition) is 3. The van der Waals surface area contributed by atoms with Gasteiger partial charge in [-0.05, 0) is 110 Å². The summed E-state index contributed by atoms with van der Waals surface area (Å²) in [6, 6.07) is 12.6. The fourth-order valence-corrected chi connectivity index (χ4v) is 5.54. The van der Waals surface area contributed by atoms with Crippen molar-refractivity contribution in [3.63, 3.8) is 0 Å². The highest BCUT2D eigenvalue weighted by Gasteiger charge is 2.52. The molecule has 190 valence electrons. The lowest BCUT2D eigenvalue weighted by molar-refractivity contribution is -0.133. The Morgan fingerprint density at radius 1 is 0.972 bits per heavy atom. The number of phenols is 1. The maximum atomic E-state index is 14.1. The van der Waals surface area contributed by atoms with Crippen LogP contribution in [0.25, 0.3) is 0 Å². The number of carbonyl (C=O) groups is 1. The minimum absolute atomic E-state index is 0.0310. The Morgan fingerprint density at radius 3 is 2.33 bits per heavy atom. The first kappa shape index (κ1) is 25.8. The van der Waals surface area contributed by atoms with Crippen molar-refractivity contribution in [1.82, 2.24) is 0 Å². The standard InChI is InChI=1S/C30H33F2NO3/c1-16-14-22(34)8-9-23(16)29-28(30(35)33(29)26-12-7-21(31)13-17(26)2)18(3)15-27(36-6)24-10-11-25(32)20(5)19(24)4/h7-14,18,27-29,34H,15H2,1-6H3/t18-,27-,28+,29+/m0/s1. The molecule has 1 aliphatic rings. The molecule has 1 aliphatic heterocycles. The molecule has 1 amide bonds. The number of ether oxygens (including phenoxy) is 1. The number of aryl methyl sites for hydroxylation is 2. The van der Waals surface area contributed by atoms with E-state index in [9.17, 15) is 18.7 Å². The van der Waals surface area contributed by atoms with Gasteiger partial charge in [0.25, 0.3) is 0 Å². The largest absolute Gasteiger partial charge is 0.508 e. The lowest BCUT2D eigenvalue weighted by Crippen LogP contribution is -2.58. The first-order valence-corrected chi connectivity index (χ1v) is 12.2. The predicted molar refractivity (Wildman–Crippen MR) is 137 cm³/mol. The quantitative estimate of drug-likeness (QED) is 0.360. The van der Waals surface area contributed by atoms with Gasteiger partial charge in [0.1, 0.15) is 17.4 Å². The van der Waals surface area contributed by atoms with Crippen LogP contribution in [0.1, 0.15) is 58.9 Å². The van der Waals surface area contributed by atoms with E-state index < -0.39 is 0 Å². The topological polar surface area (TPSA) is 49.8 Å². The van der Waals surface area contributed by atoms with Crippen LogP contribution in [0.5, 0.6) is 5.75 Å². The molecule has 0 saturated carbocycles. The summed E-state index contributed by atoms with van der Waals surface area (Å²) >= 11 is 0. The molecule has 1 heterocycles. The van der Waals surface area contributed by atoms with Crippen LogP contribution in [-0.2, 0) is 9.53 Å². The maximum absolute atomic E-state index is 14.1. The van der Waals surface area contributed by atoms with Crippen molar-refractivity contribution in [2.24, 2.45) is 11.8 Å². The normalized spacial score (nSPS) is 19.2. The van der Waals surface area contributed by atoms with Gasteiger partial charge in [0.05, 0.1) is 18.1 Å². The summed E-state index contributed by atoms with van der Waals surface area (Å²) in [4.78, 5) is 15.4. The molecule has 0 unspecified atom stereocenters. The molecule has 6 heteroatoms. The van der Waals surface area contributed by atoms with Crippen molar-refractivity contribution in [1.29, 1.82) is 0 Å². The van der Waals surface area contributed by atoms with Gasteiger partial charge in [0, 0.05) is 12.8 Å². The summed E-state index contributed by atoms with van der Waals surface area (Å²) in [5.74, 6) is -0.866. The maximum Gasteiger partial charge on any atom is 0.233 e. The molecule has 36 heavy (non-hydrogen) atoms. The van der Waals surface area contributed by atoms with E-state index in [0.717, 1.165) is 22.3 Å². The van der Waals surface area contributed by atoms with E-state index in [4.69, 9.17) is 4.74 Å². The zero-order valence-corrected chi connectivity index (χ0v) is 21.6. The molecule has 3 aromatic rings. The third kappa shape index (κ3) is 4.50. The molecular formula is C30H33F2NO3. The molecular weight excluding hydrogens is 460 g/mol. The van der Waals surface area contributed by atoms with Crippen LogP contribution in [0.2, 0.25) is 0 Å². The van der Waals surface area contributed by atoms with Crippen molar-refractivity contribution in [3.8, 4) is 5.75 Å². The third-order valence-corrected chi connectivity index (χ3v) is 7.72. The molecule has 0 bridgehead atoms. The molecule has 0 radical (unpaired) electrons. The second-order valence-corrected chi connectivity index (χ2v) is 9.97. The van der Waals surface area contributed by atoms with Gasteiger partial charge in [-0.25, -0.2) is 8.78 Å². The monoisotopic (exact) mass is 493 g/mol. The van der Waals surface area contributed by atoms with Crippen molar-refractivity contribution in [2.45, 2.75) is 53.2 Å². The molecule has 0 aliphatic carbocycles. The molecule has 4 nitrogen and oxygen atoms in total. The molecule has 4 rings (SSSR count). The van der Waals surface area contributed by atoms with Gasteiger partial charge in [-0.3, -0.25) is 4.79 Å². The van der Waals surface area contributed by atoms with E-state index in [2.05, 4.69) is 0 Å². The number of carbonyl (C=O) groups excluding carboxylic acids is 1. The Morgan fingerprint density at radius 2 is 1.69 bits per heavy atom. The summed E-state index contributed by atoms with van der Waals surface area (Å²) < 4.78 is 33.7. The SMILES string of the molecule is CO[C@@H](C[C@H](C)[C@H]1C(=O)N(c2ccc(F)cc2C)[C@@H]1c1ccc(O)cc1C)c1ccc(F)c(C)c1C. The molecule has 0 aromatic heterocycles. The second kappa shape index (κ2) is 10.0. The molecule has 1 N–H and O–H groups in total. The van der Waals surface area contributed by atoms with Gasteiger partial charge in [0.15, 0.2) is 0 Å². The Labute approximate surface area is 211 Å². The van der Waals surface area contributed by atoms with Crippen molar-refractivity contribution >= 4 is 11.6 Å².